The summed E-state index contributed by atoms with van der Waals surface area (Å²) < 4.78 is 5.48. The molecule has 0 saturated carbocycles. The predicted octanol–water partition coefficient (Wildman–Crippen LogP) is 1.97. The van der Waals surface area contributed by atoms with Gasteiger partial charge in [0, 0.05) is 30.9 Å². The second-order valence-corrected chi connectivity index (χ2v) is 6.10. The highest BCUT2D eigenvalue weighted by molar-refractivity contribution is 5.94. The molecule has 1 aromatic carbocycles. The highest BCUT2D eigenvalue weighted by Crippen LogP contribution is 2.28. The molecule has 2 aliphatic rings. The van der Waals surface area contributed by atoms with Crippen LogP contribution in [0.4, 0.5) is 0 Å². The topological polar surface area (TPSA) is 55.6 Å². The van der Waals surface area contributed by atoms with Crippen LogP contribution in [0.1, 0.15) is 41.6 Å². The number of carbonyl (C=O) groups is 1. The summed E-state index contributed by atoms with van der Waals surface area (Å²) >= 11 is 0. The van der Waals surface area contributed by atoms with Gasteiger partial charge in [-0.1, -0.05) is 18.2 Å². The fraction of sp³-hybridized carbons (Fsp3) is 0.588. The number of rotatable bonds is 4. The van der Waals surface area contributed by atoms with Crippen molar-refractivity contribution in [2.75, 3.05) is 19.8 Å². The van der Waals surface area contributed by atoms with Gasteiger partial charge >= 0.3 is 0 Å². The lowest BCUT2D eigenvalue weighted by atomic mass is 9.97. The van der Waals surface area contributed by atoms with Gasteiger partial charge in [-0.25, -0.2) is 0 Å². The average Bonchev–Trinajstić information content (AvgIpc) is 2.96. The molecule has 21 heavy (non-hydrogen) atoms. The minimum atomic E-state index is -0.318. The Hall–Kier alpha value is -1.39. The van der Waals surface area contributed by atoms with Crippen LogP contribution in [0.3, 0.4) is 0 Å². The first kappa shape index (κ1) is 14.5. The van der Waals surface area contributed by atoms with E-state index in [4.69, 9.17) is 10.5 Å². The number of hydrogen-bond donors (Lipinski definition) is 1. The maximum Gasteiger partial charge on any atom is 0.248 e. The molecule has 0 spiro atoms. The molecule has 1 aromatic rings. The Labute approximate surface area is 126 Å². The Balaban J connectivity index is 1.73. The third-order valence-electron chi connectivity index (χ3n) is 4.82. The molecule has 2 heterocycles. The number of nitrogens with two attached hydrogens (primary N) is 1. The number of likely N-dealkylation sites (tertiary alicyclic amines) is 1. The Morgan fingerprint density at radius 3 is 2.76 bits per heavy atom. The molecule has 2 aliphatic heterocycles. The van der Waals surface area contributed by atoms with Gasteiger partial charge < -0.3 is 10.5 Å². The molecule has 114 valence electrons. The van der Waals surface area contributed by atoms with E-state index in [0.717, 1.165) is 38.0 Å². The minimum absolute atomic E-state index is 0.318. The van der Waals surface area contributed by atoms with Crippen LogP contribution in [-0.2, 0) is 11.2 Å². The molecule has 1 atom stereocenters. The van der Waals surface area contributed by atoms with Crippen LogP contribution < -0.4 is 5.73 Å². The molecular formula is C17H24N2O2. The molecule has 0 aliphatic carbocycles. The molecular weight excluding hydrogens is 264 g/mol. The van der Waals surface area contributed by atoms with Crippen molar-refractivity contribution in [3.63, 3.8) is 0 Å². The van der Waals surface area contributed by atoms with Gasteiger partial charge in [0.05, 0.1) is 0 Å². The van der Waals surface area contributed by atoms with Gasteiger partial charge in [0.1, 0.15) is 0 Å². The number of amides is 1. The van der Waals surface area contributed by atoms with E-state index < -0.39 is 0 Å². The average molecular weight is 288 g/mol. The number of hydrogen-bond acceptors (Lipinski definition) is 3. The molecule has 0 radical (unpaired) electrons. The summed E-state index contributed by atoms with van der Waals surface area (Å²) in [6.45, 7) is 2.94. The van der Waals surface area contributed by atoms with E-state index in [9.17, 15) is 4.79 Å². The van der Waals surface area contributed by atoms with E-state index >= 15 is 0 Å². The van der Waals surface area contributed by atoms with Crippen molar-refractivity contribution in [1.29, 1.82) is 0 Å². The summed E-state index contributed by atoms with van der Waals surface area (Å²) in [5, 5.41) is 0. The van der Waals surface area contributed by atoms with Crippen molar-refractivity contribution >= 4 is 5.91 Å². The molecule has 0 unspecified atom stereocenters. The second kappa shape index (κ2) is 6.58. The molecule has 4 nitrogen and oxygen atoms in total. The van der Waals surface area contributed by atoms with Gasteiger partial charge in [0.2, 0.25) is 5.91 Å². The van der Waals surface area contributed by atoms with Crippen LogP contribution in [0, 0.1) is 0 Å². The zero-order chi connectivity index (χ0) is 14.7. The summed E-state index contributed by atoms with van der Waals surface area (Å²) in [4.78, 5) is 14.2. The van der Waals surface area contributed by atoms with Crippen LogP contribution in [0.2, 0.25) is 0 Å². The lowest BCUT2D eigenvalue weighted by Crippen LogP contribution is -2.43. The van der Waals surface area contributed by atoms with Crippen molar-refractivity contribution in [2.45, 2.75) is 44.2 Å². The highest BCUT2D eigenvalue weighted by atomic mass is 16.5. The first-order chi connectivity index (χ1) is 10.3. The maximum atomic E-state index is 11.6. The second-order valence-electron chi connectivity index (χ2n) is 6.10. The number of ether oxygens (including phenoxy) is 1. The zero-order valence-electron chi connectivity index (χ0n) is 12.5. The highest BCUT2D eigenvalue weighted by Gasteiger charge is 2.32. The smallest absolute Gasteiger partial charge is 0.248 e. The van der Waals surface area contributed by atoms with E-state index in [0.29, 0.717) is 17.6 Å². The number of primary amides is 1. The van der Waals surface area contributed by atoms with Crippen molar-refractivity contribution < 1.29 is 9.53 Å². The maximum absolute atomic E-state index is 11.6. The summed E-state index contributed by atoms with van der Waals surface area (Å²) in [5.74, 6) is -0.318. The normalized spacial score (nSPS) is 24.3. The van der Waals surface area contributed by atoms with E-state index in [2.05, 4.69) is 4.90 Å². The van der Waals surface area contributed by atoms with E-state index in [1.54, 1.807) is 0 Å². The molecule has 2 saturated heterocycles. The monoisotopic (exact) mass is 288 g/mol. The Bertz CT molecular complexity index is 497. The van der Waals surface area contributed by atoms with Gasteiger partial charge in [-0.2, -0.15) is 0 Å². The van der Waals surface area contributed by atoms with Crippen LogP contribution in [-0.4, -0.2) is 42.6 Å². The lowest BCUT2D eigenvalue weighted by molar-refractivity contribution is 0.0294. The van der Waals surface area contributed by atoms with Crippen LogP contribution >= 0.6 is 0 Å². The predicted molar refractivity (Wildman–Crippen MR) is 82.2 cm³/mol. The summed E-state index contributed by atoms with van der Waals surface area (Å²) in [5.41, 5.74) is 7.27. The first-order valence-electron chi connectivity index (χ1n) is 7.97. The van der Waals surface area contributed by atoms with Crippen LogP contribution in [0.15, 0.2) is 24.3 Å². The molecule has 0 bridgehead atoms. The standard InChI is InChI=1S/C17H24N2O2/c18-17(20)16-6-2-1-4-13(16)12-15-5-3-9-19(15)14-7-10-21-11-8-14/h1-2,4,6,14-15H,3,5,7-12H2,(H2,18,20)/t15-/m0/s1. The number of nitrogens with zero attached hydrogens (tertiary/aromatic N) is 1. The van der Waals surface area contributed by atoms with Crippen molar-refractivity contribution in [2.24, 2.45) is 5.73 Å². The zero-order valence-corrected chi connectivity index (χ0v) is 12.5. The summed E-state index contributed by atoms with van der Waals surface area (Å²) in [6, 6.07) is 8.94. The Kier molecular flexibility index (Phi) is 4.56. The molecule has 2 fully saturated rings. The first-order valence-corrected chi connectivity index (χ1v) is 7.97. The molecule has 2 N–H and O–H groups in total. The quantitative estimate of drug-likeness (QED) is 0.921. The SMILES string of the molecule is NC(=O)c1ccccc1C[C@@H]1CCCN1C1CCOCC1. The largest absolute Gasteiger partial charge is 0.381 e. The van der Waals surface area contributed by atoms with Crippen molar-refractivity contribution in [3.8, 4) is 0 Å². The Morgan fingerprint density at radius 2 is 2.00 bits per heavy atom. The van der Waals surface area contributed by atoms with Crippen molar-refractivity contribution in [3.05, 3.63) is 35.4 Å². The third-order valence-corrected chi connectivity index (χ3v) is 4.82. The molecule has 4 heteroatoms. The minimum Gasteiger partial charge on any atom is -0.381 e. The van der Waals surface area contributed by atoms with E-state index in [-0.39, 0.29) is 5.91 Å². The summed E-state index contributed by atoms with van der Waals surface area (Å²) in [7, 11) is 0. The van der Waals surface area contributed by atoms with Gasteiger partial charge in [-0.05, 0) is 50.3 Å². The van der Waals surface area contributed by atoms with Gasteiger partial charge in [0.15, 0.2) is 0 Å². The molecule has 0 aromatic heterocycles. The third kappa shape index (κ3) is 3.27. The van der Waals surface area contributed by atoms with Crippen LogP contribution in [0.25, 0.3) is 0 Å². The fourth-order valence-electron chi connectivity index (χ4n) is 3.77. The van der Waals surface area contributed by atoms with Crippen molar-refractivity contribution in [1.82, 2.24) is 4.90 Å². The van der Waals surface area contributed by atoms with E-state index in [1.807, 2.05) is 24.3 Å². The van der Waals surface area contributed by atoms with Gasteiger partial charge in [-0.15, -0.1) is 0 Å². The Morgan fingerprint density at radius 1 is 1.24 bits per heavy atom. The lowest BCUT2D eigenvalue weighted by Gasteiger charge is -2.35. The van der Waals surface area contributed by atoms with Gasteiger partial charge in [-0.3, -0.25) is 9.69 Å². The summed E-state index contributed by atoms with van der Waals surface area (Å²) in [6.07, 6.45) is 5.66. The number of benzene rings is 1. The molecule has 3 rings (SSSR count). The van der Waals surface area contributed by atoms with Crippen LogP contribution in [0.5, 0.6) is 0 Å². The number of carbonyl (C=O) groups excluding carboxylic acids is 1. The van der Waals surface area contributed by atoms with Gasteiger partial charge in [0.25, 0.3) is 0 Å². The van der Waals surface area contributed by atoms with E-state index in [1.165, 1.54) is 19.4 Å². The molecule has 1 amide bonds. The fourth-order valence-corrected chi connectivity index (χ4v) is 3.77.